The zero-order valence-corrected chi connectivity index (χ0v) is 13.9. The predicted octanol–water partition coefficient (Wildman–Crippen LogP) is 3.86. The molecule has 2 N–H and O–H groups in total. The maximum atomic E-state index is 12.9. The Hall–Kier alpha value is -1.88. The average molecular weight is 365 g/mol. The van der Waals surface area contributed by atoms with E-state index < -0.39 is 0 Å². The fourth-order valence-electron chi connectivity index (χ4n) is 2.56. The van der Waals surface area contributed by atoms with Gasteiger partial charge in [0.2, 0.25) is 0 Å². The maximum Gasteiger partial charge on any atom is 0.251 e. The molecule has 0 saturated carbocycles. The number of carbonyl (C=O) groups is 1. The van der Waals surface area contributed by atoms with Crippen molar-refractivity contribution in [3.8, 4) is 0 Å². The Morgan fingerprint density at radius 3 is 2.68 bits per heavy atom. The lowest BCUT2D eigenvalue weighted by Gasteiger charge is -2.15. The van der Waals surface area contributed by atoms with Crippen LogP contribution in [-0.2, 0) is 6.42 Å². The van der Waals surface area contributed by atoms with Crippen LogP contribution in [-0.4, -0.2) is 12.5 Å². The van der Waals surface area contributed by atoms with Crippen LogP contribution >= 0.6 is 17.0 Å². The zero-order chi connectivity index (χ0) is 14.8. The first-order chi connectivity index (χ1) is 10.1. The Morgan fingerprint density at radius 1 is 1.23 bits per heavy atom. The molecule has 3 nitrogen and oxygen atoms in total. The molecule has 1 heterocycles. The Kier molecular flexibility index (Phi) is 5.19. The molecule has 1 amide bonds. The second-order valence-electron chi connectivity index (χ2n) is 5.30. The summed E-state index contributed by atoms with van der Waals surface area (Å²) in [6, 6.07) is 11.7. The number of anilines is 1. The molecule has 0 aliphatic carbocycles. The predicted molar refractivity (Wildman–Crippen MR) is 91.2 cm³/mol. The van der Waals surface area contributed by atoms with E-state index in [9.17, 15) is 9.18 Å². The summed E-state index contributed by atoms with van der Waals surface area (Å²) in [4.78, 5) is 12.1. The molecular formula is C17H18BrFN2O. The summed E-state index contributed by atoms with van der Waals surface area (Å²) in [5.74, 6) is -0.535. The minimum absolute atomic E-state index is 0. The van der Waals surface area contributed by atoms with Crippen molar-refractivity contribution in [1.29, 1.82) is 0 Å². The van der Waals surface area contributed by atoms with Crippen LogP contribution in [0.25, 0.3) is 0 Å². The number of fused-ring (bicyclic) bond motifs is 1. The van der Waals surface area contributed by atoms with Crippen LogP contribution in [0, 0.1) is 5.82 Å². The summed E-state index contributed by atoms with van der Waals surface area (Å²) in [6.45, 7) is 2.92. The van der Waals surface area contributed by atoms with Gasteiger partial charge in [0.1, 0.15) is 5.82 Å². The van der Waals surface area contributed by atoms with E-state index in [0.717, 1.165) is 18.5 Å². The SMILES string of the molecule is Br.C[C@@H](NC(=O)c1ccc(F)cc1)c1ccc2c(c1)CCN2. The third-order valence-corrected chi connectivity index (χ3v) is 3.79. The Bertz CT molecular complexity index is 673. The number of hydrogen-bond donors (Lipinski definition) is 2. The molecular weight excluding hydrogens is 347 g/mol. The average Bonchev–Trinajstić information content (AvgIpc) is 2.95. The fraction of sp³-hybridized carbons (Fsp3) is 0.235. The summed E-state index contributed by atoms with van der Waals surface area (Å²) in [5.41, 5.74) is 4.00. The number of nitrogens with one attached hydrogen (secondary N) is 2. The highest BCUT2D eigenvalue weighted by Gasteiger charge is 2.15. The second kappa shape index (κ2) is 6.92. The lowest BCUT2D eigenvalue weighted by atomic mass is 10.0. The van der Waals surface area contributed by atoms with Crippen LogP contribution in [0.1, 0.15) is 34.5 Å². The van der Waals surface area contributed by atoms with Crippen molar-refractivity contribution >= 4 is 28.6 Å². The number of amides is 1. The number of hydrogen-bond acceptors (Lipinski definition) is 2. The molecule has 0 spiro atoms. The van der Waals surface area contributed by atoms with Crippen molar-refractivity contribution in [3.63, 3.8) is 0 Å². The molecule has 1 aliphatic rings. The van der Waals surface area contributed by atoms with E-state index >= 15 is 0 Å². The molecule has 2 aromatic carbocycles. The van der Waals surface area contributed by atoms with Gasteiger partial charge < -0.3 is 10.6 Å². The van der Waals surface area contributed by atoms with Crippen LogP contribution in [0.4, 0.5) is 10.1 Å². The van der Waals surface area contributed by atoms with Crippen LogP contribution in [0.3, 0.4) is 0 Å². The number of benzene rings is 2. The number of carbonyl (C=O) groups excluding carboxylic acids is 1. The van der Waals surface area contributed by atoms with E-state index in [1.54, 1.807) is 0 Å². The molecule has 0 aromatic heterocycles. The maximum absolute atomic E-state index is 12.9. The van der Waals surface area contributed by atoms with Gasteiger partial charge in [-0.15, -0.1) is 17.0 Å². The van der Waals surface area contributed by atoms with Crippen LogP contribution in [0.5, 0.6) is 0 Å². The quantitative estimate of drug-likeness (QED) is 0.867. The monoisotopic (exact) mass is 364 g/mol. The van der Waals surface area contributed by atoms with Crippen molar-refractivity contribution in [2.75, 3.05) is 11.9 Å². The third-order valence-electron chi connectivity index (χ3n) is 3.79. The minimum Gasteiger partial charge on any atom is -0.384 e. The lowest BCUT2D eigenvalue weighted by molar-refractivity contribution is 0.0940. The topological polar surface area (TPSA) is 41.1 Å². The molecule has 5 heteroatoms. The van der Waals surface area contributed by atoms with E-state index in [1.807, 2.05) is 13.0 Å². The van der Waals surface area contributed by atoms with Gasteiger partial charge in [0.25, 0.3) is 5.91 Å². The molecule has 116 valence electrons. The molecule has 0 unspecified atom stereocenters. The molecule has 2 aromatic rings. The van der Waals surface area contributed by atoms with Crippen molar-refractivity contribution < 1.29 is 9.18 Å². The summed E-state index contributed by atoms with van der Waals surface area (Å²) in [6.07, 6.45) is 1.02. The van der Waals surface area contributed by atoms with Gasteiger partial charge in [-0.2, -0.15) is 0 Å². The summed E-state index contributed by atoms with van der Waals surface area (Å²) >= 11 is 0. The van der Waals surface area contributed by atoms with E-state index in [2.05, 4.69) is 22.8 Å². The van der Waals surface area contributed by atoms with Crippen molar-refractivity contribution in [1.82, 2.24) is 5.32 Å². The lowest BCUT2D eigenvalue weighted by Crippen LogP contribution is -2.26. The summed E-state index contributed by atoms with van der Waals surface area (Å²) < 4.78 is 12.9. The summed E-state index contributed by atoms with van der Waals surface area (Å²) in [7, 11) is 0. The number of halogens is 2. The van der Waals surface area contributed by atoms with Gasteiger partial charge in [-0.05, 0) is 54.8 Å². The Morgan fingerprint density at radius 2 is 1.95 bits per heavy atom. The molecule has 1 aliphatic heterocycles. The van der Waals surface area contributed by atoms with Gasteiger partial charge in [-0.3, -0.25) is 4.79 Å². The fourth-order valence-corrected chi connectivity index (χ4v) is 2.56. The van der Waals surface area contributed by atoms with E-state index in [1.165, 1.54) is 35.5 Å². The van der Waals surface area contributed by atoms with Crippen LogP contribution in [0.15, 0.2) is 42.5 Å². The van der Waals surface area contributed by atoms with E-state index in [-0.39, 0.29) is 34.7 Å². The molecule has 0 fully saturated rings. The van der Waals surface area contributed by atoms with Gasteiger partial charge in [0, 0.05) is 17.8 Å². The van der Waals surface area contributed by atoms with Crippen LogP contribution in [0.2, 0.25) is 0 Å². The van der Waals surface area contributed by atoms with Gasteiger partial charge in [-0.25, -0.2) is 4.39 Å². The van der Waals surface area contributed by atoms with Crippen molar-refractivity contribution in [2.24, 2.45) is 0 Å². The van der Waals surface area contributed by atoms with Gasteiger partial charge >= 0.3 is 0 Å². The van der Waals surface area contributed by atoms with Gasteiger partial charge in [0.05, 0.1) is 6.04 Å². The highest BCUT2D eigenvalue weighted by atomic mass is 79.9. The normalized spacial score (nSPS) is 13.5. The van der Waals surface area contributed by atoms with Crippen molar-refractivity contribution in [3.05, 3.63) is 65.0 Å². The smallest absolute Gasteiger partial charge is 0.251 e. The van der Waals surface area contributed by atoms with E-state index in [0.29, 0.717) is 5.56 Å². The van der Waals surface area contributed by atoms with Crippen LogP contribution < -0.4 is 10.6 Å². The second-order valence-corrected chi connectivity index (χ2v) is 5.30. The molecule has 0 bridgehead atoms. The Labute approximate surface area is 139 Å². The molecule has 3 rings (SSSR count). The first kappa shape index (κ1) is 16.5. The largest absolute Gasteiger partial charge is 0.384 e. The molecule has 1 atom stereocenters. The third kappa shape index (κ3) is 3.47. The standard InChI is InChI=1S/C17H17FN2O.BrH/c1-11(13-4-7-16-14(10-13)8-9-19-16)20-17(21)12-2-5-15(18)6-3-12;/h2-7,10-11,19H,8-9H2,1H3,(H,20,21);1H/t11-;/m1./s1. The van der Waals surface area contributed by atoms with Gasteiger partial charge in [-0.1, -0.05) is 12.1 Å². The Balaban J connectivity index is 0.00000176. The zero-order valence-electron chi connectivity index (χ0n) is 12.2. The first-order valence-corrected chi connectivity index (χ1v) is 7.06. The highest BCUT2D eigenvalue weighted by molar-refractivity contribution is 8.93. The molecule has 0 saturated heterocycles. The molecule has 0 radical (unpaired) electrons. The van der Waals surface area contributed by atoms with Crippen molar-refractivity contribution in [2.45, 2.75) is 19.4 Å². The van der Waals surface area contributed by atoms with Gasteiger partial charge in [0.15, 0.2) is 0 Å². The molecule has 22 heavy (non-hydrogen) atoms. The van der Waals surface area contributed by atoms with E-state index in [4.69, 9.17) is 0 Å². The highest BCUT2D eigenvalue weighted by Crippen LogP contribution is 2.25. The summed E-state index contributed by atoms with van der Waals surface area (Å²) in [5, 5.41) is 6.26. The number of rotatable bonds is 3. The minimum atomic E-state index is -0.342. The first-order valence-electron chi connectivity index (χ1n) is 7.06.